The average molecular weight is 366 g/mol. The highest BCUT2D eigenvalue weighted by Crippen LogP contribution is 2.44. The fourth-order valence-electron chi connectivity index (χ4n) is 3.26. The van der Waals surface area contributed by atoms with Crippen molar-refractivity contribution in [3.63, 3.8) is 0 Å². The first-order chi connectivity index (χ1) is 12.5. The minimum absolute atomic E-state index is 0.00934. The maximum atomic E-state index is 11.3. The lowest BCUT2D eigenvalue weighted by molar-refractivity contribution is -0.135. The van der Waals surface area contributed by atoms with Crippen molar-refractivity contribution in [2.24, 2.45) is 0 Å². The fourth-order valence-corrected chi connectivity index (χ4v) is 3.92. The molecule has 26 heavy (non-hydrogen) atoms. The Labute approximate surface area is 158 Å². The van der Waals surface area contributed by atoms with Crippen molar-refractivity contribution < 1.29 is 14.6 Å². The predicted molar refractivity (Wildman–Crippen MR) is 109 cm³/mol. The summed E-state index contributed by atoms with van der Waals surface area (Å²) in [4.78, 5) is 12.6. The maximum Gasteiger partial charge on any atom is 0.307 e. The highest BCUT2D eigenvalue weighted by molar-refractivity contribution is 7.99. The second-order valence-corrected chi connectivity index (χ2v) is 7.48. The molecule has 4 heteroatoms. The number of fused-ring (bicyclic) bond motifs is 1. The van der Waals surface area contributed by atoms with Gasteiger partial charge in [0, 0.05) is 4.90 Å². The molecular weight excluding hydrogens is 344 g/mol. The van der Waals surface area contributed by atoms with E-state index in [1.54, 1.807) is 7.11 Å². The third kappa shape index (κ3) is 3.70. The van der Waals surface area contributed by atoms with E-state index in [1.165, 1.54) is 4.90 Å². The first-order valence-corrected chi connectivity index (χ1v) is 9.57. The van der Waals surface area contributed by atoms with Crippen LogP contribution in [0.25, 0.3) is 17.2 Å². The molecule has 1 N–H and O–H groups in total. The standard InChI is InChI=1S/C22H22O3S/c1-4-26-17-8-5-15(6-9-17)11-19-14(2)20(13-22(23)24)21-12-16(25-3)7-10-18(19)21/h5-12H,4,13H2,1-3H3,(H,23,24). The summed E-state index contributed by atoms with van der Waals surface area (Å²) in [6.07, 6.45) is 2.14. The molecule has 0 fully saturated rings. The molecule has 3 rings (SSSR count). The van der Waals surface area contributed by atoms with E-state index in [4.69, 9.17) is 4.74 Å². The van der Waals surface area contributed by atoms with E-state index in [-0.39, 0.29) is 6.42 Å². The van der Waals surface area contributed by atoms with Gasteiger partial charge in [0.05, 0.1) is 13.5 Å². The highest BCUT2D eigenvalue weighted by Gasteiger charge is 2.25. The van der Waals surface area contributed by atoms with E-state index in [9.17, 15) is 9.90 Å². The number of benzene rings is 2. The molecule has 0 saturated carbocycles. The Bertz CT molecular complexity index is 892. The quantitative estimate of drug-likeness (QED) is 0.675. The molecule has 0 spiro atoms. The van der Waals surface area contributed by atoms with Gasteiger partial charge in [-0.1, -0.05) is 25.1 Å². The van der Waals surface area contributed by atoms with E-state index in [2.05, 4.69) is 37.3 Å². The Balaban J connectivity index is 2.06. The first kappa shape index (κ1) is 18.3. The number of hydrogen-bond acceptors (Lipinski definition) is 3. The van der Waals surface area contributed by atoms with Crippen LogP contribution in [0.1, 0.15) is 37.0 Å². The van der Waals surface area contributed by atoms with Crippen molar-refractivity contribution in [3.8, 4) is 5.75 Å². The van der Waals surface area contributed by atoms with Gasteiger partial charge in [0.25, 0.3) is 0 Å². The number of allylic oxidation sites excluding steroid dienone is 2. The summed E-state index contributed by atoms with van der Waals surface area (Å²) in [5.74, 6) is 0.965. The van der Waals surface area contributed by atoms with E-state index >= 15 is 0 Å². The predicted octanol–water partition coefficient (Wildman–Crippen LogP) is 5.61. The van der Waals surface area contributed by atoms with E-state index < -0.39 is 5.97 Å². The zero-order chi connectivity index (χ0) is 18.7. The molecule has 0 heterocycles. The van der Waals surface area contributed by atoms with Crippen molar-refractivity contribution in [1.29, 1.82) is 0 Å². The molecule has 0 saturated heterocycles. The number of thioether (sulfide) groups is 1. The van der Waals surface area contributed by atoms with E-state index in [0.717, 1.165) is 44.9 Å². The molecule has 134 valence electrons. The van der Waals surface area contributed by atoms with Crippen LogP contribution in [0.15, 0.2) is 52.9 Å². The van der Waals surface area contributed by atoms with Gasteiger partial charge >= 0.3 is 5.97 Å². The molecule has 0 bridgehead atoms. The van der Waals surface area contributed by atoms with Gasteiger partial charge in [0.1, 0.15) is 5.75 Å². The molecule has 2 aromatic carbocycles. The lowest BCUT2D eigenvalue weighted by atomic mass is 10.0. The SMILES string of the molecule is CCSc1ccc(C=C2C(C)=C(CC(=O)O)c3cc(OC)ccc32)cc1. The highest BCUT2D eigenvalue weighted by atomic mass is 32.2. The number of rotatable bonds is 6. The summed E-state index contributed by atoms with van der Waals surface area (Å²) in [6.45, 7) is 4.14. The third-order valence-electron chi connectivity index (χ3n) is 4.53. The third-order valence-corrected chi connectivity index (χ3v) is 5.42. The van der Waals surface area contributed by atoms with E-state index in [1.807, 2.05) is 36.9 Å². The van der Waals surface area contributed by atoms with Gasteiger partial charge < -0.3 is 9.84 Å². The average Bonchev–Trinajstić information content (AvgIpc) is 2.88. The van der Waals surface area contributed by atoms with Crippen LogP contribution in [0.2, 0.25) is 0 Å². The molecule has 0 radical (unpaired) electrons. The molecule has 0 atom stereocenters. The molecule has 0 aliphatic heterocycles. The Hall–Kier alpha value is -2.46. The zero-order valence-corrected chi connectivity index (χ0v) is 16.0. The van der Waals surface area contributed by atoms with Crippen LogP contribution >= 0.6 is 11.8 Å². The van der Waals surface area contributed by atoms with Crippen LogP contribution in [0.4, 0.5) is 0 Å². The summed E-state index contributed by atoms with van der Waals surface area (Å²) in [7, 11) is 1.62. The van der Waals surface area contributed by atoms with Crippen molar-refractivity contribution in [1.82, 2.24) is 0 Å². The van der Waals surface area contributed by atoms with Gasteiger partial charge in [-0.3, -0.25) is 4.79 Å². The van der Waals surface area contributed by atoms with E-state index in [0.29, 0.717) is 0 Å². The van der Waals surface area contributed by atoms with Crippen LogP contribution in [-0.2, 0) is 4.79 Å². The number of carbonyl (C=O) groups is 1. The van der Waals surface area contributed by atoms with Crippen molar-refractivity contribution in [3.05, 3.63) is 64.7 Å². The molecule has 2 aromatic rings. The van der Waals surface area contributed by atoms with Gasteiger partial charge in [-0.2, -0.15) is 0 Å². The normalized spacial score (nSPS) is 14.7. The Kier molecular flexibility index (Phi) is 5.52. The molecular formula is C22H22O3S. The molecule has 0 aromatic heterocycles. The van der Waals surface area contributed by atoms with Gasteiger partial charge in [0.2, 0.25) is 0 Å². The summed E-state index contributed by atoms with van der Waals surface area (Å²) in [5.41, 5.74) is 6.08. The van der Waals surface area contributed by atoms with Gasteiger partial charge in [-0.25, -0.2) is 0 Å². The van der Waals surface area contributed by atoms with Crippen LogP contribution in [0, 0.1) is 0 Å². The topological polar surface area (TPSA) is 46.5 Å². The van der Waals surface area contributed by atoms with Crippen LogP contribution in [-0.4, -0.2) is 23.9 Å². The smallest absolute Gasteiger partial charge is 0.307 e. The molecule has 1 aliphatic rings. The van der Waals surface area contributed by atoms with Crippen molar-refractivity contribution in [2.45, 2.75) is 25.2 Å². The number of carboxylic acids is 1. The van der Waals surface area contributed by atoms with Crippen molar-refractivity contribution >= 4 is 35.0 Å². The van der Waals surface area contributed by atoms with Crippen molar-refractivity contribution in [2.75, 3.05) is 12.9 Å². The molecule has 0 unspecified atom stereocenters. The van der Waals surface area contributed by atoms with Crippen LogP contribution < -0.4 is 4.74 Å². The monoisotopic (exact) mass is 366 g/mol. The molecule has 0 amide bonds. The minimum Gasteiger partial charge on any atom is -0.497 e. The number of methoxy groups -OCH3 is 1. The maximum absolute atomic E-state index is 11.3. The van der Waals surface area contributed by atoms with Gasteiger partial charge in [-0.15, -0.1) is 11.8 Å². The summed E-state index contributed by atoms with van der Waals surface area (Å²) in [6, 6.07) is 14.3. The second kappa shape index (κ2) is 7.83. The zero-order valence-electron chi connectivity index (χ0n) is 15.2. The number of ether oxygens (including phenoxy) is 1. The number of carboxylic acid groups (broad SMARTS) is 1. The Morgan fingerprint density at radius 3 is 2.50 bits per heavy atom. The molecule has 1 aliphatic carbocycles. The minimum atomic E-state index is -0.824. The summed E-state index contributed by atoms with van der Waals surface area (Å²) in [5, 5.41) is 9.31. The Morgan fingerprint density at radius 2 is 1.88 bits per heavy atom. The second-order valence-electron chi connectivity index (χ2n) is 6.15. The molecule has 3 nitrogen and oxygen atoms in total. The summed E-state index contributed by atoms with van der Waals surface area (Å²) >= 11 is 1.82. The van der Waals surface area contributed by atoms with Gasteiger partial charge in [0.15, 0.2) is 0 Å². The van der Waals surface area contributed by atoms with Crippen LogP contribution in [0.5, 0.6) is 5.75 Å². The largest absolute Gasteiger partial charge is 0.497 e. The van der Waals surface area contributed by atoms with Crippen LogP contribution in [0.3, 0.4) is 0 Å². The lowest BCUT2D eigenvalue weighted by Crippen LogP contribution is -1.97. The van der Waals surface area contributed by atoms with Gasteiger partial charge in [-0.05, 0) is 76.4 Å². The number of hydrogen-bond donors (Lipinski definition) is 1. The first-order valence-electron chi connectivity index (χ1n) is 8.58. The summed E-state index contributed by atoms with van der Waals surface area (Å²) < 4.78 is 5.33. The fraction of sp³-hybridized carbons (Fsp3) is 0.227. The lowest BCUT2D eigenvalue weighted by Gasteiger charge is -2.07. The Morgan fingerprint density at radius 1 is 1.15 bits per heavy atom. The number of aliphatic carboxylic acids is 1.